The van der Waals surface area contributed by atoms with E-state index in [4.69, 9.17) is 9.47 Å². The minimum absolute atomic E-state index is 0.0721. The molecule has 3 fully saturated rings. The molecule has 1 aromatic heterocycles. The molecule has 3 aliphatic rings. The molecule has 29 heavy (non-hydrogen) atoms. The molecule has 1 aliphatic carbocycles. The van der Waals surface area contributed by atoms with Crippen molar-refractivity contribution in [3.05, 3.63) is 35.7 Å². The smallest absolute Gasteiger partial charge is 0.409 e. The fraction of sp³-hybridized carbons (Fsp3) is 0.609. The molecule has 156 valence electrons. The summed E-state index contributed by atoms with van der Waals surface area (Å²) in [5.41, 5.74) is 2.06. The van der Waals surface area contributed by atoms with Gasteiger partial charge in [-0.25, -0.2) is 4.79 Å². The Hall–Kier alpha value is -2.37. The minimum atomic E-state index is -0.244. The van der Waals surface area contributed by atoms with Crippen LogP contribution >= 0.6 is 0 Å². The number of pyridine rings is 1. The first-order valence-corrected chi connectivity index (χ1v) is 10.7. The maximum atomic E-state index is 12.5. The summed E-state index contributed by atoms with van der Waals surface area (Å²) in [6.07, 6.45) is 7.59. The third-order valence-corrected chi connectivity index (χ3v) is 6.85. The summed E-state index contributed by atoms with van der Waals surface area (Å²) in [4.78, 5) is 31.0. The molecule has 6 heteroatoms. The van der Waals surface area contributed by atoms with Crippen LogP contribution in [0.5, 0.6) is 0 Å². The number of aromatic nitrogens is 1. The number of ether oxygens (including phenoxy) is 2. The molecule has 0 radical (unpaired) electrons. The average Bonchev–Trinajstić information content (AvgIpc) is 2.99. The summed E-state index contributed by atoms with van der Waals surface area (Å²) in [5.74, 6) is 0.982. The van der Waals surface area contributed by atoms with E-state index >= 15 is 0 Å². The number of allylic oxidation sites excluding steroid dienone is 1. The van der Waals surface area contributed by atoms with Crippen molar-refractivity contribution in [2.75, 3.05) is 19.7 Å². The zero-order valence-corrected chi connectivity index (χ0v) is 17.4. The van der Waals surface area contributed by atoms with Crippen LogP contribution in [0.15, 0.2) is 24.4 Å². The molecule has 0 unspecified atom stereocenters. The summed E-state index contributed by atoms with van der Waals surface area (Å²) in [7, 11) is 0. The van der Waals surface area contributed by atoms with Gasteiger partial charge in [-0.3, -0.25) is 9.78 Å². The largest absolute Gasteiger partial charge is 0.462 e. The number of fused-ring (bicyclic) bond motifs is 2. The van der Waals surface area contributed by atoms with Crippen LogP contribution in [0, 0.1) is 36.5 Å². The van der Waals surface area contributed by atoms with Crippen LogP contribution < -0.4 is 0 Å². The number of nitrogens with zero attached hydrogens (tertiary/aromatic N) is 2. The van der Waals surface area contributed by atoms with E-state index in [1.165, 1.54) is 0 Å². The van der Waals surface area contributed by atoms with Gasteiger partial charge in [0.25, 0.3) is 0 Å². The molecule has 2 aliphatic heterocycles. The Kier molecular flexibility index (Phi) is 5.61. The molecule has 0 spiro atoms. The number of hydrogen-bond donors (Lipinski definition) is 0. The zero-order chi connectivity index (χ0) is 20.5. The van der Waals surface area contributed by atoms with Crippen LogP contribution in [0.3, 0.4) is 0 Å². The number of cyclic esters (lactones) is 1. The van der Waals surface area contributed by atoms with E-state index in [0.717, 1.165) is 24.1 Å². The van der Waals surface area contributed by atoms with Crippen molar-refractivity contribution in [3.63, 3.8) is 0 Å². The van der Waals surface area contributed by atoms with E-state index in [9.17, 15) is 9.59 Å². The number of rotatable bonds is 3. The molecule has 2 saturated heterocycles. The highest BCUT2D eigenvalue weighted by Gasteiger charge is 2.54. The van der Waals surface area contributed by atoms with Gasteiger partial charge in [0.05, 0.1) is 18.2 Å². The maximum absolute atomic E-state index is 12.5. The lowest BCUT2D eigenvalue weighted by molar-refractivity contribution is -0.144. The summed E-state index contributed by atoms with van der Waals surface area (Å²) >= 11 is 0. The standard InChI is InChI=1S/C23H30N2O4/c1-4-28-23(27)25-10-9-18-16(13-25)11-20-21(15(3)29-22(20)26)19(18)8-7-17-6-5-14(2)12-24-17/h5-8,12,15-16,18-21H,4,9-11,13H2,1-3H3/b8-7+/t15-,16-,18-,19+,20-,21+/m1/s1. The predicted molar refractivity (Wildman–Crippen MR) is 109 cm³/mol. The van der Waals surface area contributed by atoms with Gasteiger partial charge in [-0.1, -0.05) is 12.1 Å². The van der Waals surface area contributed by atoms with Gasteiger partial charge < -0.3 is 14.4 Å². The first-order valence-electron chi connectivity index (χ1n) is 10.7. The van der Waals surface area contributed by atoms with Gasteiger partial charge in [0, 0.05) is 25.2 Å². The van der Waals surface area contributed by atoms with Crippen LogP contribution in [0.4, 0.5) is 4.79 Å². The Balaban J connectivity index is 1.58. The zero-order valence-electron chi connectivity index (χ0n) is 17.4. The molecule has 4 rings (SSSR count). The molecule has 1 amide bonds. The van der Waals surface area contributed by atoms with E-state index < -0.39 is 0 Å². The molecule has 6 nitrogen and oxygen atoms in total. The highest BCUT2D eigenvalue weighted by Crippen LogP contribution is 2.51. The van der Waals surface area contributed by atoms with Gasteiger partial charge in [0.15, 0.2) is 0 Å². The third-order valence-electron chi connectivity index (χ3n) is 6.85. The summed E-state index contributed by atoms with van der Waals surface area (Å²) in [6, 6.07) is 4.08. The van der Waals surface area contributed by atoms with Crippen molar-refractivity contribution in [2.45, 2.75) is 39.7 Å². The number of likely N-dealkylation sites (tertiary alicyclic amines) is 1. The van der Waals surface area contributed by atoms with E-state index in [-0.39, 0.29) is 41.8 Å². The van der Waals surface area contributed by atoms with Crippen molar-refractivity contribution in [1.82, 2.24) is 9.88 Å². The summed E-state index contributed by atoms with van der Waals surface area (Å²) < 4.78 is 10.8. The predicted octanol–water partition coefficient (Wildman–Crippen LogP) is 3.70. The number of carbonyl (C=O) groups excluding carboxylic acids is 2. The quantitative estimate of drug-likeness (QED) is 0.726. The molecule has 0 N–H and O–H groups in total. The van der Waals surface area contributed by atoms with E-state index in [0.29, 0.717) is 25.6 Å². The molecule has 1 aromatic rings. The first kappa shape index (κ1) is 19.9. The van der Waals surface area contributed by atoms with Crippen LogP contribution in [0.25, 0.3) is 6.08 Å². The second kappa shape index (κ2) is 8.17. The number of piperidine rings is 1. The van der Waals surface area contributed by atoms with Gasteiger partial charge in [-0.15, -0.1) is 0 Å². The van der Waals surface area contributed by atoms with Gasteiger partial charge in [-0.05, 0) is 69.1 Å². The SMILES string of the molecule is CCOC(=O)N1CC[C@@H]2[C@H](C[C@H]3C(=O)O[C@H](C)[C@H]3[C@H]2/C=C/c2ccc(C)cn2)C1. The second-order valence-corrected chi connectivity index (χ2v) is 8.62. The fourth-order valence-corrected chi connectivity index (χ4v) is 5.53. The van der Waals surface area contributed by atoms with E-state index in [1.807, 2.05) is 33.0 Å². The number of amides is 1. The van der Waals surface area contributed by atoms with E-state index in [2.05, 4.69) is 23.2 Å². The average molecular weight is 399 g/mol. The number of hydrogen-bond acceptors (Lipinski definition) is 5. The molecule has 0 aromatic carbocycles. The molecular formula is C23H30N2O4. The normalized spacial score (nSPS) is 33.9. The van der Waals surface area contributed by atoms with Gasteiger partial charge in [0.1, 0.15) is 6.10 Å². The Labute approximate surface area is 172 Å². The van der Waals surface area contributed by atoms with Crippen LogP contribution in [-0.4, -0.2) is 47.7 Å². The molecule has 3 heterocycles. The lowest BCUT2D eigenvalue weighted by Gasteiger charge is -2.48. The Bertz CT molecular complexity index is 791. The number of carbonyl (C=O) groups is 2. The Morgan fingerprint density at radius 2 is 2.24 bits per heavy atom. The van der Waals surface area contributed by atoms with Crippen molar-refractivity contribution in [2.24, 2.45) is 29.6 Å². The van der Waals surface area contributed by atoms with Crippen molar-refractivity contribution < 1.29 is 19.1 Å². The lowest BCUT2D eigenvalue weighted by atomic mass is 9.59. The minimum Gasteiger partial charge on any atom is -0.462 e. The molecule has 0 bridgehead atoms. The molecular weight excluding hydrogens is 368 g/mol. The highest BCUT2D eigenvalue weighted by molar-refractivity contribution is 5.76. The summed E-state index contributed by atoms with van der Waals surface area (Å²) in [6.45, 7) is 7.60. The van der Waals surface area contributed by atoms with E-state index in [1.54, 1.807) is 4.90 Å². The van der Waals surface area contributed by atoms with Crippen LogP contribution in [0.1, 0.15) is 37.9 Å². The monoisotopic (exact) mass is 398 g/mol. The number of esters is 1. The van der Waals surface area contributed by atoms with Gasteiger partial charge in [-0.2, -0.15) is 0 Å². The van der Waals surface area contributed by atoms with Crippen molar-refractivity contribution >= 4 is 18.1 Å². The van der Waals surface area contributed by atoms with Gasteiger partial charge in [0.2, 0.25) is 0 Å². The van der Waals surface area contributed by atoms with Crippen molar-refractivity contribution in [3.8, 4) is 0 Å². The third kappa shape index (κ3) is 3.89. The summed E-state index contributed by atoms with van der Waals surface area (Å²) in [5, 5.41) is 0. The number of aryl methyl sites for hydroxylation is 1. The topological polar surface area (TPSA) is 68.7 Å². The molecule has 1 saturated carbocycles. The second-order valence-electron chi connectivity index (χ2n) is 8.62. The first-order chi connectivity index (χ1) is 14.0. The van der Waals surface area contributed by atoms with Crippen LogP contribution in [0.2, 0.25) is 0 Å². The molecule has 6 atom stereocenters. The highest BCUT2D eigenvalue weighted by atomic mass is 16.6. The van der Waals surface area contributed by atoms with Gasteiger partial charge >= 0.3 is 12.1 Å². The van der Waals surface area contributed by atoms with Crippen molar-refractivity contribution in [1.29, 1.82) is 0 Å². The fourth-order valence-electron chi connectivity index (χ4n) is 5.53. The lowest BCUT2D eigenvalue weighted by Crippen LogP contribution is -2.51. The Morgan fingerprint density at radius 3 is 2.97 bits per heavy atom. The maximum Gasteiger partial charge on any atom is 0.409 e. The van der Waals surface area contributed by atoms with Crippen LogP contribution in [-0.2, 0) is 14.3 Å². The Morgan fingerprint density at radius 1 is 1.41 bits per heavy atom.